The van der Waals surface area contributed by atoms with Gasteiger partial charge in [0.25, 0.3) is 5.91 Å². The molecule has 2 fully saturated rings. The average molecular weight is 306 g/mol. The van der Waals surface area contributed by atoms with E-state index in [-0.39, 0.29) is 11.3 Å². The number of fused-ring (bicyclic) bond motifs is 1. The van der Waals surface area contributed by atoms with Crippen molar-refractivity contribution < 1.29 is 14.1 Å². The molecule has 22 heavy (non-hydrogen) atoms. The summed E-state index contributed by atoms with van der Waals surface area (Å²) in [5.74, 6) is 0.737. The molecule has 0 radical (unpaired) electrons. The third-order valence-corrected chi connectivity index (χ3v) is 5.64. The highest BCUT2D eigenvalue weighted by Crippen LogP contribution is 2.47. The Labute approximate surface area is 132 Å². The van der Waals surface area contributed by atoms with Gasteiger partial charge in [0.15, 0.2) is 0 Å². The molecule has 2 aliphatic rings. The second kappa shape index (κ2) is 5.69. The largest absolute Gasteiger partial charge is 0.381 e. The Bertz CT molecular complexity index is 568. The minimum Gasteiger partial charge on any atom is -0.381 e. The molecule has 1 amide bonds. The molecule has 0 spiro atoms. The summed E-state index contributed by atoms with van der Waals surface area (Å²) < 4.78 is 10.8. The standard InChI is InChI=1S/C17H26N2O3/c1-5-13-15(11(2)22-18-13)16(20)19-9-8-17(3)10-12(21-4)6-7-14(17)19/h12,14H,5-10H2,1-4H3/t12-,14-,17+/m1/s1. The van der Waals surface area contributed by atoms with E-state index in [1.54, 1.807) is 7.11 Å². The van der Waals surface area contributed by atoms with Gasteiger partial charge in [-0.1, -0.05) is 19.0 Å². The highest BCUT2D eigenvalue weighted by molar-refractivity contribution is 5.96. The van der Waals surface area contributed by atoms with Crippen LogP contribution >= 0.6 is 0 Å². The number of aromatic nitrogens is 1. The van der Waals surface area contributed by atoms with Crippen LogP contribution in [0.2, 0.25) is 0 Å². The fourth-order valence-corrected chi connectivity index (χ4v) is 4.30. The molecule has 1 aromatic rings. The van der Waals surface area contributed by atoms with Gasteiger partial charge in [0.2, 0.25) is 0 Å². The second-order valence-corrected chi connectivity index (χ2v) is 6.97. The first-order chi connectivity index (χ1) is 10.5. The number of methoxy groups -OCH3 is 1. The Hall–Kier alpha value is -1.36. The summed E-state index contributed by atoms with van der Waals surface area (Å²) in [6, 6.07) is 0.311. The first kappa shape index (κ1) is 15.5. The third-order valence-electron chi connectivity index (χ3n) is 5.64. The molecular weight excluding hydrogens is 280 g/mol. The average Bonchev–Trinajstić information content (AvgIpc) is 3.05. The summed E-state index contributed by atoms with van der Waals surface area (Å²) in [5.41, 5.74) is 1.63. The molecule has 1 aliphatic carbocycles. The molecule has 5 heteroatoms. The zero-order valence-electron chi connectivity index (χ0n) is 14.0. The summed E-state index contributed by atoms with van der Waals surface area (Å²) in [6.45, 7) is 6.96. The topological polar surface area (TPSA) is 55.6 Å². The summed E-state index contributed by atoms with van der Waals surface area (Å²) >= 11 is 0. The lowest BCUT2D eigenvalue weighted by molar-refractivity contribution is -0.00282. The number of amides is 1. The minimum atomic E-state index is 0.0974. The second-order valence-electron chi connectivity index (χ2n) is 6.97. The molecule has 1 aliphatic heterocycles. The van der Waals surface area contributed by atoms with E-state index in [2.05, 4.69) is 17.0 Å². The third kappa shape index (κ3) is 2.35. The molecule has 2 heterocycles. The number of carbonyl (C=O) groups is 1. The van der Waals surface area contributed by atoms with Crippen molar-refractivity contribution >= 4 is 5.91 Å². The van der Waals surface area contributed by atoms with Crippen molar-refractivity contribution in [3.8, 4) is 0 Å². The van der Waals surface area contributed by atoms with Gasteiger partial charge in [0.05, 0.1) is 11.8 Å². The molecule has 1 saturated heterocycles. The molecule has 5 nitrogen and oxygen atoms in total. The molecule has 3 atom stereocenters. The lowest BCUT2D eigenvalue weighted by Crippen LogP contribution is -2.46. The molecule has 0 bridgehead atoms. The Balaban J connectivity index is 1.85. The molecule has 0 aromatic carbocycles. The monoisotopic (exact) mass is 306 g/mol. The maximum atomic E-state index is 13.1. The SMILES string of the molecule is CCc1noc(C)c1C(=O)N1CC[C@@]2(C)C[C@H](OC)CC[C@@H]12. The fourth-order valence-electron chi connectivity index (χ4n) is 4.30. The molecule has 3 rings (SSSR count). The van der Waals surface area contributed by atoms with E-state index in [9.17, 15) is 4.79 Å². The molecule has 1 saturated carbocycles. The van der Waals surface area contributed by atoms with Crippen molar-refractivity contribution in [2.45, 2.75) is 65.0 Å². The zero-order valence-corrected chi connectivity index (χ0v) is 14.0. The van der Waals surface area contributed by atoms with E-state index in [4.69, 9.17) is 9.26 Å². The van der Waals surface area contributed by atoms with Gasteiger partial charge in [-0.15, -0.1) is 0 Å². The van der Waals surface area contributed by atoms with Crippen molar-refractivity contribution in [2.75, 3.05) is 13.7 Å². The van der Waals surface area contributed by atoms with Crippen LogP contribution < -0.4 is 0 Å². The summed E-state index contributed by atoms with van der Waals surface area (Å²) in [7, 11) is 1.79. The Morgan fingerprint density at radius 2 is 2.27 bits per heavy atom. The first-order valence-corrected chi connectivity index (χ1v) is 8.29. The number of ether oxygens (including phenoxy) is 1. The highest BCUT2D eigenvalue weighted by atomic mass is 16.5. The van der Waals surface area contributed by atoms with Gasteiger partial charge >= 0.3 is 0 Å². The van der Waals surface area contributed by atoms with Crippen LogP contribution in [0.5, 0.6) is 0 Å². The van der Waals surface area contributed by atoms with Crippen LogP contribution in [0.25, 0.3) is 0 Å². The lowest BCUT2D eigenvalue weighted by atomic mass is 9.71. The van der Waals surface area contributed by atoms with E-state index in [0.717, 1.165) is 44.3 Å². The number of likely N-dealkylation sites (tertiary alicyclic amines) is 1. The molecule has 122 valence electrons. The number of carbonyl (C=O) groups excluding carboxylic acids is 1. The van der Waals surface area contributed by atoms with Crippen LogP contribution in [0.1, 0.15) is 61.3 Å². The Kier molecular flexibility index (Phi) is 4.02. The Morgan fingerprint density at radius 1 is 1.50 bits per heavy atom. The van der Waals surface area contributed by atoms with Crippen molar-refractivity contribution in [1.29, 1.82) is 0 Å². The van der Waals surface area contributed by atoms with E-state index >= 15 is 0 Å². The van der Waals surface area contributed by atoms with Crippen molar-refractivity contribution in [3.05, 3.63) is 17.0 Å². The van der Waals surface area contributed by atoms with E-state index in [0.29, 0.717) is 23.5 Å². The summed E-state index contributed by atoms with van der Waals surface area (Å²) in [5, 5.41) is 4.03. The van der Waals surface area contributed by atoms with Crippen LogP contribution in [-0.2, 0) is 11.2 Å². The first-order valence-electron chi connectivity index (χ1n) is 8.29. The van der Waals surface area contributed by atoms with Gasteiger partial charge in [-0.3, -0.25) is 4.79 Å². The maximum Gasteiger partial charge on any atom is 0.259 e. The lowest BCUT2D eigenvalue weighted by Gasteiger charge is -2.42. The van der Waals surface area contributed by atoms with Gasteiger partial charge in [-0.2, -0.15) is 0 Å². The number of hydrogen-bond donors (Lipinski definition) is 0. The van der Waals surface area contributed by atoms with Crippen LogP contribution in [0.4, 0.5) is 0 Å². The Morgan fingerprint density at radius 3 is 2.95 bits per heavy atom. The van der Waals surface area contributed by atoms with Crippen LogP contribution in [0.3, 0.4) is 0 Å². The maximum absolute atomic E-state index is 13.1. The normalized spacial score (nSPS) is 31.4. The van der Waals surface area contributed by atoms with E-state index < -0.39 is 0 Å². The predicted molar refractivity (Wildman–Crippen MR) is 82.8 cm³/mol. The quantitative estimate of drug-likeness (QED) is 0.861. The van der Waals surface area contributed by atoms with Crippen LogP contribution in [0, 0.1) is 12.3 Å². The van der Waals surface area contributed by atoms with Crippen molar-refractivity contribution in [1.82, 2.24) is 10.1 Å². The molecule has 1 aromatic heterocycles. The predicted octanol–water partition coefficient (Wildman–Crippen LogP) is 2.97. The summed E-state index contributed by atoms with van der Waals surface area (Å²) in [4.78, 5) is 15.1. The molecular formula is C17H26N2O3. The van der Waals surface area contributed by atoms with Gasteiger partial charge in [-0.25, -0.2) is 0 Å². The van der Waals surface area contributed by atoms with Gasteiger partial charge in [0.1, 0.15) is 11.3 Å². The van der Waals surface area contributed by atoms with E-state index in [1.807, 2.05) is 13.8 Å². The number of aryl methyl sites for hydroxylation is 2. The molecule has 0 unspecified atom stereocenters. The van der Waals surface area contributed by atoms with Crippen molar-refractivity contribution in [3.63, 3.8) is 0 Å². The zero-order chi connectivity index (χ0) is 15.9. The number of rotatable bonds is 3. The van der Waals surface area contributed by atoms with Gasteiger partial charge in [0, 0.05) is 19.7 Å². The summed E-state index contributed by atoms with van der Waals surface area (Å²) in [6.07, 6.45) is 5.20. The van der Waals surface area contributed by atoms with Crippen LogP contribution in [-0.4, -0.2) is 41.8 Å². The minimum absolute atomic E-state index is 0.0974. The number of nitrogens with zero attached hydrogens (tertiary/aromatic N) is 2. The number of hydrogen-bond acceptors (Lipinski definition) is 4. The van der Waals surface area contributed by atoms with Gasteiger partial charge < -0.3 is 14.2 Å². The van der Waals surface area contributed by atoms with E-state index in [1.165, 1.54) is 0 Å². The van der Waals surface area contributed by atoms with Crippen molar-refractivity contribution in [2.24, 2.45) is 5.41 Å². The fraction of sp³-hybridized carbons (Fsp3) is 0.765. The highest BCUT2D eigenvalue weighted by Gasteiger charge is 2.49. The van der Waals surface area contributed by atoms with Crippen LogP contribution in [0.15, 0.2) is 4.52 Å². The smallest absolute Gasteiger partial charge is 0.259 e. The molecule has 0 N–H and O–H groups in total. The van der Waals surface area contributed by atoms with Gasteiger partial charge in [-0.05, 0) is 44.4 Å².